The van der Waals surface area contributed by atoms with Gasteiger partial charge in [0.1, 0.15) is 5.82 Å². The van der Waals surface area contributed by atoms with Crippen LogP contribution in [0.1, 0.15) is 17.3 Å². The highest BCUT2D eigenvalue weighted by Gasteiger charge is 2.20. The molecule has 0 saturated carbocycles. The van der Waals surface area contributed by atoms with E-state index in [0.29, 0.717) is 11.4 Å². The maximum atomic E-state index is 13.2. The summed E-state index contributed by atoms with van der Waals surface area (Å²) in [6, 6.07) is 4.29. The number of nitrogens with zero attached hydrogens (tertiary/aromatic N) is 1. The van der Waals surface area contributed by atoms with Crippen molar-refractivity contribution in [3.05, 3.63) is 34.1 Å². The molecular weight excluding hydrogens is 296 g/mol. The first-order valence-electron chi connectivity index (χ1n) is 4.76. The Morgan fingerprint density at radius 2 is 2.25 bits per heavy atom. The minimum Gasteiger partial charge on any atom is -0.338 e. The van der Waals surface area contributed by atoms with Crippen LogP contribution in [0.5, 0.6) is 0 Å². The fourth-order valence-electron chi connectivity index (χ4n) is 1.16. The average molecular weight is 309 g/mol. The van der Waals surface area contributed by atoms with E-state index in [9.17, 15) is 9.18 Å². The minimum absolute atomic E-state index is 0.0932. The van der Waals surface area contributed by atoms with Crippen LogP contribution in [0.3, 0.4) is 0 Å². The van der Waals surface area contributed by atoms with Gasteiger partial charge in [-0.15, -0.1) is 11.6 Å². The number of carbonyl (C=O) groups is 1. The highest BCUT2D eigenvalue weighted by Crippen LogP contribution is 2.22. The molecule has 2 nitrogen and oxygen atoms in total. The first-order valence-corrected chi connectivity index (χ1v) is 6.09. The van der Waals surface area contributed by atoms with Crippen LogP contribution in [0.2, 0.25) is 0 Å². The molecular formula is C11H12BrClFNO. The van der Waals surface area contributed by atoms with Crippen molar-refractivity contribution >= 4 is 33.4 Å². The molecule has 0 N–H and O–H groups in total. The van der Waals surface area contributed by atoms with Crippen LogP contribution in [0.25, 0.3) is 0 Å². The fourth-order valence-corrected chi connectivity index (χ4v) is 1.80. The zero-order chi connectivity index (χ0) is 12.3. The van der Waals surface area contributed by atoms with E-state index >= 15 is 0 Å². The maximum absolute atomic E-state index is 13.2. The molecule has 1 amide bonds. The van der Waals surface area contributed by atoms with Gasteiger partial charge in [0.2, 0.25) is 0 Å². The molecule has 0 saturated heterocycles. The lowest BCUT2D eigenvalue weighted by atomic mass is 10.2. The Balaban J connectivity index is 3.01. The summed E-state index contributed by atoms with van der Waals surface area (Å²) in [5, 5.41) is 0. The molecule has 88 valence electrons. The Labute approximate surface area is 108 Å². The third kappa shape index (κ3) is 2.74. The molecule has 1 rings (SSSR count). The van der Waals surface area contributed by atoms with Crippen molar-refractivity contribution in [1.29, 1.82) is 0 Å². The van der Waals surface area contributed by atoms with Crippen LogP contribution in [-0.4, -0.2) is 29.8 Å². The molecule has 1 aromatic carbocycles. The van der Waals surface area contributed by atoms with Gasteiger partial charge in [0.25, 0.3) is 5.91 Å². The highest BCUT2D eigenvalue weighted by molar-refractivity contribution is 9.10. The number of rotatable bonds is 3. The summed E-state index contributed by atoms with van der Waals surface area (Å²) in [6.07, 6.45) is 0. The van der Waals surface area contributed by atoms with Crippen LogP contribution < -0.4 is 0 Å². The summed E-state index contributed by atoms with van der Waals surface area (Å²) in [7, 11) is 1.65. The summed E-state index contributed by atoms with van der Waals surface area (Å²) in [4.78, 5) is 13.5. The maximum Gasteiger partial charge on any atom is 0.255 e. The first-order chi connectivity index (χ1) is 7.49. The Morgan fingerprint density at radius 1 is 1.62 bits per heavy atom. The van der Waals surface area contributed by atoms with Gasteiger partial charge in [-0.05, 0) is 35.0 Å². The lowest BCUT2D eigenvalue weighted by Gasteiger charge is -2.23. The molecule has 5 heteroatoms. The number of amides is 1. The second-order valence-electron chi connectivity index (χ2n) is 3.52. The van der Waals surface area contributed by atoms with E-state index < -0.39 is 5.82 Å². The molecule has 16 heavy (non-hydrogen) atoms. The standard InChI is InChI=1S/C11H12BrClFNO/c1-7(6-13)15(2)11(16)8-4-3-5-9(14)10(8)12/h3-5,7H,6H2,1-2H3. The van der Waals surface area contributed by atoms with Gasteiger partial charge in [0, 0.05) is 19.0 Å². The van der Waals surface area contributed by atoms with E-state index in [4.69, 9.17) is 11.6 Å². The topological polar surface area (TPSA) is 20.3 Å². The first kappa shape index (κ1) is 13.5. The van der Waals surface area contributed by atoms with Crippen LogP contribution >= 0.6 is 27.5 Å². The van der Waals surface area contributed by atoms with Crippen LogP contribution in [-0.2, 0) is 0 Å². The Kier molecular flexibility index (Phi) is 4.74. The highest BCUT2D eigenvalue weighted by atomic mass is 79.9. The zero-order valence-corrected chi connectivity index (χ0v) is 11.3. The molecule has 0 radical (unpaired) electrons. The van der Waals surface area contributed by atoms with Gasteiger partial charge in [0.15, 0.2) is 0 Å². The van der Waals surface area contributed by atoms with Crippen molar-refractivity contribution in [2.45, 2.75) is 13.0 Å². The smallest absolute Gasteiger partial charge is 0.255 e. The second-order valence-corrected chi connectivity index (χ2v) is 4.62. The molecule has 0 aromatic heterocycles. The molecule has 1 aromatic rings. The van der Waals surface area contributed by atoms with Crippen molar-refractivity contribution in [3.8, 4) is 0 Å². The van der Waals surface area contributed by atoms with Gasteiger partial charge >= 0.3 is 0 Å². The molecule has 0 aliphatic carbocycles. The molecule has 0 bridgehead atoms. The number of hydrogen-bond acceptors (Lipinski definition) is 1. The van der Waals surface area contributed by atoms with Crippen molar-refractivity contribution in [1.82, 2.24) is 4.90 Å². The lowest BCUT2D eigenvalue weighted by molar-refractivity contribution is 0.0755. The number of benzene rings is 1. The van der Waals surface area contributed by atoms with E-state index in [1.807, 2.05) is 6.92 Å². The van der Waals surface area contributed by atoms with E-state index in [-0.39, 0.29) is 16.4 Å². The summed E-state index contributed by atoms with van der Waals surface area (Å²) < 4.78 is 13.4. The largest absolute Gasteiger partial charge is 0.338 e. The Hall–Kier alpha value is -0.610. The lowest BCUT2D eigenvalue weighted by Crippen LogP contribution is -2.36. The predicted octanol–water partition coefficient (Wildman–Crippen LogP) is 3.29. The van der Waals surface area contributed by atoms with Gasteiger partial charge in [-0.25, -0.2) is 4.39 Å². The van der Waals surface area contributed by atoms with E-state index in [0.717, 1.165) is 0 Å². The minimum atomic E-state index is -0.447. The van der Waals surface area contributed by atoms with Crippen molar-refractivity contribution in [2.24, 2.45) is 0 Å². The third-order valence-corrected chi connectivity index (χ3v) is 3.64. The summed E-state index contributed by atoms with van der Waals surface area (Å²) in [5.41, 5.74) is 0.305. The molecule has 1 unspecified atom stereocenters. The number of carbonyl (C=O) groups excluding carboxylic acids is 1. The van der Waals surface area contributed by atoms with E-state index in [1.165, 1.54) is 17.0 Å². The number of halogens is 3. The molecule has 0 aliphatic rings. The van der Waals surface area contributed by atoms with Gasteiger partial charge in [0.05, 0.1) is 10.0 Å². The number of alkyl halides is 1. The summed E-state index contributed by atoms with van der Waals surface area (Å²) in [5.74, 6) is -0.355. The summed E-state index contributed by atoms with van der Waals surface area (Å²) >= 11 is 8.73. The third-order valence-electron chi connectivity index (χ3n) is 2.39. The molecule has 1 atom stereocenters. The quantitative estimate of drug-likeness (QED) is 0.785. The molecule has 0 fully saturated rings. The molecule has 0 aliphatic heterocycles. The van der Waals surface area contributed by atoms with Gasteiger partial charge in [-0.1, -0.05) is 6.07 Å². The van der Waals surface area contributed by atoms with Crippen molar-refractivity contribution in [2.75, 3.05) is 12.9 Å². The molecule has 0 spiro atoms. The van der Waals surface area contributed by atoms with Gasteiger partial charge < -0.3 is 4.90 Å². The second kappa shape index (κ2) is 5.64. The van der Waals surface area contributed by atoms with E-state index in [2.05, 4.69) is 15.9 Å². The van der Waals surface area contributed by atoms with Crippen LogP contribution in [0, 0.1) is 5.82 Å². The van der Waals surface area contributed by atoms with E-state index in [1.54, 1.807) is 13.1 Å². The van der Waals surface area contributed by atoms with Crippen LogP contribution in [0.15, 0.2) is 22.7 Å². The predicted molar refractivity (Wildman–Crippen MR) is 66.4 cm³/mol. The van der Waals surface area contributed by atoms with Gasteiger partial charge in [-0.2, -0.15) is 0 Å². The van der Waals surface area contributed by atoms with Crippen LogP contribution in [0.4, 0.5) is 4.39 Å². The van der Waals surface area contributed by atoms with Crippen molar-refractivity contribution in [3.63, 3.8) is 0 Å². The Bertz CT molecular complexity index is 400. The van der Waals surface area contributed by atoms with Crippen molar-refractivity contribution < 1.29 is 9.18 Å². The summed E-state index contributed by atoms with van der Waals surface area (Å²) in [6.45, 7) is 1.83. The normalized spacial score (nSPS) is 12.3. The monoisotopic (exact) mass is 307 g/mol. The fraction of sp³-hybridized carbons (Fsp3) is 0.364. The average Bonchev–Trinajstić information content (AvgIpc) is 2.29. The SMILES string of the molecule is CC(CCl)N(C)C(=O)c1cccc(F)c1Br. The van der Waals surface area contributed by atoms with Gasteiger partial charge in [-0.3, -0.25) is 4.79 Å². The zero-order valence-electron chi connectivity index (χ0n) is 9.01. The molecule has 0 heterocycles. The Morgan fingerprint density at radius 3 is 2.81 bits per heavy atom. The number of hydrogen-bond donors (Lipinski definition) is 0.